The molecule has 0 amide bonds. The number of rotatable bonds is 8. The second-order valence-electron chi connectivity index (χ2n) is 6.82. The van der Waals surface area contributed by atoms with E-state index in [4.69, 9.17) is 26.4 Å². The van der Waals surface area contributed by atoms with Crippen LogP contribution in [0.4, 0.5) is 0 Å². The van der Waals surface area contributed by atoms with Crippen LogP contribution >= 0.6 is 12.2 Å². The molecule has 1 fully saturated rings. The highest BCUT2D eigenvalue weighted by Gasteiger charge is 2.22. The second kappa shape index (κ2) is 9.86. The van der Waals surface area contributed by atoms with Crippen LogP contribution in [0.2, 0.25) is 0 Å². The van der Waals surface area contributed by atoms with E-state index in [9.17, 15) is 4.79 Å². The fraction of sp³-hybridized carbons (Fsp3) is 0.500. The van der Waals surface area contributed by atoms with Crippen LogP contribution in [0.15, 0.2) is 29.1 Å². The highest BCUT2D eigenvalue weighted by Crippen LogP contribution is 2.20. The van der Waals surface area contributed by atoms with Crippen LogP contribution in [0, 0.1) is 0 Å². The lowest BCUT2D eigenvalue weighted by Gasteiger charge is -2.28. The smallest absolute Gasteiger partial charge is 0.253 e. The van der Waals surface area contributed by atoms with Crippen molar-refractivity contribution in [3.05, 3.63) is 40.2 Å². The number of aromatic amines is 1. The SMILES string of the molecule is COCCNC(=S)N(Cc1cc2cc(OC)ccc2[nH]c1=O)CC1CCCO1. The molecule has 1 aromatic carbocycles. The maximum absolute atomic E-state index is 12.6. The Hall–Kier alpha value is -2.16. The maximum atomic E-state index is 12.6. The number of aromatic nitrogens is 1. The Morgan fingerprint density at radius 1 is 1.39 bits per heavy atom. The summed E-state index contributed by atoms with van der Waals surface area (Å²) in [6.07, 6.45) is 2.18. The first-order valence-electron chi connectivity index (χ1n) is 9.44. The third-order valence-corrected chi connectivity index (χ3v) is 5.21. The molecule has 2 N–H and O–H groups in total. The van der Waals surface area contributed by atoms with Gasteiger partial charge in [-0.2, -0.15) is 0 Å². The minimum absolute atomic E-state index is 0.116. The van der Waals surface area contributed by atoms with E-state index in [1.807, 2.05) is 29.2 Å². The van der Waals surface area contributed by atoms with Crippen LogP contribution in [-0.2, 0) is 16.0 Å². The molecule has 1 aliphatic rings. The van der Waals surface area contributed by atoms with E-state index in [1.54, 1.807) is 14.2 Å². The Balaban J connectivity index is 1.82. The van der Waals surface area contributed by atoms with Gasteiger partial charge in [0.25, 0.3) is 5.56 Å². The van der Waals surface area contributed by atoms with Crippen LogP contribution in [-0.4, -0.2) is 61.6 Å². The summed E-state index contributed by atoms with van der Waals surface area (Å²) in [5.74, 6) is 0.749. The van der Waals surface area contributed by atoms with Crippen LogP contribution in [0.25, 0.3) is 10.9 Å². The summed E-state index contributed by atoms with van der Waals surface area (Å²) >= 11 is 5.57. The molecule has 152 valence electrons. The number of fused-ring (bicyclic) bond motifs is 1. The van der Waals surface area contributed by atoms with Gasteiger partial charge in [-0.1, -0.05) is 0 Å². The summed E-state index contributed by atoms with van der Waals surface area (Å²) < 4.78 is 16.1. The predicted octanol–water partition coefficient (Wildman–Crippen LogP) is 2.04. The van der Waals surface area contributed by atoms with E-state index in [0.717, 1.165) is 36.1 Å². The number of thiocarbonyl (C=S) groups is 1. The zero-order chi connectivity index (χ0) is 19.9. The number of ether oxygens (including phenoxy) is 3. The summed E-state index contributed by atoms with van der Waals surface area (Å²) in [4.78, 5) is 17.6. The number of hydrogen-bond donors (Lipinski definition) is 2. The van der Waals surface area contributed by atoms with Crippen molar-refractivity contribution in [3.8, 4) is 5.75 Å². The first-order valence-corrected chi connectivity index (χ1v) is 9.85. The van der Waals surface area contributed by atoms with E-state index in [2.05, 4.69) is 10.3 Å². The van der Waals surface area contributed by atoms with E-state index in [0.29, 0.717) is 36.9 Å². The van der Waals surface area contributed by atoms with Crippen molar-refractivity contribution in [2.24, 2.45) is 0 Å². The van der Waals surface area contributed by atoms with Crippen molar-refractivity contribution in [1.82, 2.24) is 15.2 Å². The Morgan fingerprint density at radius 3 is 2.96 bits per heavy atom. The molecule has 0 aliphatic carbocycles. The summed E-state index contributed by atoms with van der Waals surface area (Å²) in [7, 11) is 3.28. The summed E-state index contributed by atoms with van der Waals surface area (Å²) in [5, 5.41) is 4.71. The van der Waals surface area contributed by atoms with Gasteiger partial charge < -0.3 is 29.4 Å². The number of nitrogens with zero attached hydrogens (tertiary/aromatic N) is 1. The van der Waals surface area contributed by atoms with Gasteiger partial charge in [-0.3, -0.25) is 4.79 Å². The number of methoxy groups -OCH3 is 2. The maximum Gasteiger partial charge on any atom is 0.253 e. The molecule has 1 unspecified atom stereocenters. The molecule has 7 nitrogen and oxygen atoms in total. The molecule has 1 saturated heterocycles. The predicted molar refractivity (Wildman–Crippen MR) is 113 cm³/mol. The highest BCUT2D eigenvalue weighted by molar-refractivity contribution is 7.80. The summed E-state index contributed by atoms with van der Waals surface area (Å²) in [6, 6.07) is 7.49. The van der Waals surface area contributed by atoms with E-state index < -0.39 is 0 Å². The largest absolute Gasteiger partial charge is 0.497 e. The topological polar surface area (TPSA) is 75.8 Å². The third kappa shape index (κ3) is 5.21. The number of nitrogens with one attached hydrogen (secondary N) is 2. The zero-order valence-electron chi connectivity index (χ0n) is 16.3. The fourth-order valence-corrected chi connectivity index (χ4v) is 3.55. The summed E-state index contributed by atoms with van der Waals surface area (Å²) in [6.45, 7) is 3.00. The second-order valence-corrected chi connectivity index (χ2v) is 7.20. The van der Waals surface area contributed by atoms with Gasteiger partial charge in [0.15, 0.2) is 5.11 Å². The lowest BCUT2D eigenvalue weighted by atomic mass is 10.1. The normalized spacial score (nSPS) is 16.3. The van der Waals surface area contributed by atoms with Crippen molar-refractivity contribution in [1.29, 1.82) is 0 Å². The molecule has 0 spiro atoms. The molecule has 2 heterocycles. The van der Waals surface area contributed by atoms with Gasteiger partial charge in [0.2, 0.25) is 0 Å². The van der Waals surface area contributed by atoms with Gasteiger partial charge in [-0.15, -0.1) is 0 Å². The minimum atomic E-state index is -0.116. The quantitative estimate of drug-likeness (QED) is 0.514. The van der Waals surface area contributed by atoms with Gasteiger partial charge in [-0.05, 0) is 49.3 Å². The molecule has 1 atom stereocenters. The first-order chi connectivity index (χ1) is 13.6. The average Bonchev–Trinajstić information content (AvgIpc) is 3.21. The molecular weight excluding hydrogens is 378 g/mol. The van der Waals surface area contributed by atoms with E-state index in [-0.39, 0.29) is 11.7 Å². The third-order valence-electron chi connectivity index (χ3n) is 4.81. The Labute approximate surface area is 170 Å². The van der Waals surface area contributed by atoms with Crippen molar-refractivity contribution >= 4 is 28.2 Å². The van der Waals surface area contributed by atoms with Crippen molar-refractivity contribution in [2.45, 2.75) is 25.5 Å². The van der Waals surface area contributed by atoms with Gasteiger partial charge in [0, 0.05) is 43.3 Å². The first kappa shape index (κ1) is 20.6. The van der Waals surface area contributed by atoms with Gasteiger partial charge in [0.1, 0.15) is 5.75 Å². The van der Waals surface area contributed by atoms with Crippen LogP contribution in [0.1, 0.15) is 18.4 Å². The number of hydrogen-bond acceptors (Lipinski definition) is 5. The molecule has 2 aromatic rings. The van der Waals surface area contributed by atoms with E-state index in [1.165, 1.54) is 0 Å². The lowest BCUT2D eigenvalue weighted by molar-refractivity contribution is 0.0895. The zero-order valence-corrected chi connectivity index (χ0v) is 17.1. The minimum Gasteiger partial charge on any atom is -0.497 e. The Bertz CT molecular complexity index is 864. The van der Waals surface area contributed by atoms with Crippen molar-refractivity contribution in [2.75, 3.05) is 40.5 Å². The molecule has 0 saturated carbocycles. The number of H-pyrrole nitrogens is 1. The average molecular weight is 406 g/mol. The molecule has 3 rings (SSSR count). The molecule has 0 bridgehead atoms. The van der Waals surface area contributed by atoms with Crippen LogP contribution in [0.5, 0.6) is 5.75 Å². The highest BCUT2D eigenvalue weighted by atomic mass is 32.1. The lowest BCUT2D eigenvalue weighted by Crippen LogP contribution is -2.44. The van der Waals surface area contributed by atoms with Gasteiger partial charge in [-0.25, -0.2) is 0 Å². The van der Waals surface area contributed by atoms with Gasteiger partial charge >= 0.3 is 0 Å². The molecule has 1 aliphatic heterocycles. The molecule has 28 heavy (non-hydrogen) atoms. The van der Waals surface area contributed by atoms with Gasteiger partial charge in [0.05, 0.1) is 26.4 Å². The fourth-order valence-electron chi connectivity index (χ4n) is 3.31. The molecule has 8 heteroatoms. The summed E-state index contributed by atoms with van der Waals surface area (Å²) in [5.41, 5.74) is 1.31. The molecular formula is C20H27N3O4S. The number of benzene rings is 1. The van der Waals surface area contributed by atoms with E-state index >= 15 is 0 Å². The van der Waals surface area contributed by atoms with Crippen LogP contribution in [0.3, 0.4) is 0 Å². The van der Waals surface area contributed by atoms with Crippen molar-refractivity contribution in [3.63, 3.8) is 0 Å². The van der Waals surface area contributed by atoms with Crippen LogP contribution < -0.4 is 15.6 Å². The molecule has 0 radical (unpaired) electrons. The molecule has 1 aromatic heterocycles. The Morgan fingerprint density at radius 2 is 2.25 bits per heavy atom. The number of pyridine rings is 1. The monoisotopic (exact) mass is 405 g/mol. The standard InChI is InChI=1S/C20H27N3O4S/c1-25-9-7-21-20(28)23(13-17-4-3-8-27-17)12-15-10-14-11-16(26-2)5-6-18(14)22-19(15)24/h5-6,10-11,17H,3-4,7-9,12-13H2,1-2H3,(H,21,28)(H,22,24). The van der Waals surface area contributed by atoms with Crippen molar-refractivity contribution < 1.29 is 14.2 Å². The Kier molecular flexibility index (Phi) is 7.24.